The van der Waals surface area contributed by atoms with Crippen LogP contribution in [-0.2, 0) is 38.2 Å². The number of phenolic OH excluding ortho intramolecular Hbond substituents is 3. The quantitative estimate of drug-likeness (QED) is 0.0259. The van der Waals surface area contributed by atoms with Gasteiger partial charge >= 0.3 is 23.9 Å². The molecule has 2 aliphatic carbocycles. The van der Waals surface area contributed by atoms with Crippen LogP contribution in [0.4, 0.5) is 0 Å². The zero-order valence-electron chi connectivity index (χ0n) is 55.1. The van der Waals surface area contributed by atoms with E-state index in [4.69, 9.17) is 18.9 Å². The monoisotopic (exact) mass is 1240 g/mol. The van der Waals surface area contributed by atoms with Gasteiger partial charge in [0.05, 0.1) is 25.7 Å². The number of Topliss-reactive ketones (excluding diaryl/α,β-unsaturated/α-hetero) is 2. The Balaban J connectivity index is 0.000000337. The minimum Gasteiger partial charge on any atom is -0.508 e. The summed E-state index contributed by atoms with van der Waals surface area (Å²) >= 11 is 0. The van der Waals surface area contributed by atoms with Crippen molar-refractivity contribution in [2.45, 2.75) is 140 Å². The second-order valence-corrected chi connectivity index (χ2v) is 24.1. The van der Waals surface area contributed by atoms with Crippen LogP contribution in [0.5, 0.6) is 28.7 Å². The Hall–Kier alpha value is -9.88. The molecular weight excluding hydrogens is 1160 g/mol. The molecule has 2 aliphatic rings. The smallest absolute Gasteiger partial charge is 0.311 e. The molecule has 3 N–H and O–H groups in total. The molecule has 0 saturated carbocycles. The molecule has 2 unspecified atom stereocenters. The van der Waals surface area contributed by atoms with Crippen molar-refractivity contribution < 1.29 is 63.0 Å². The van der Waals surface area contributed by atoms with E-state index >= 15 is 0 Å². The van der Waals surface area contributed by atoms with Gasteiger partial charge in [0.1, 0.15) is 28.7 Å². The molecular formula is C79H88O13. The van der Waals surface area contributed by atoms with Crippen molar-refractivity contribution in [2.24, 2.45) is 10.8 Å². The van der Waals surface area contributed by atoms with E-state index < -0.39 is 41.5 Å². The summed E-state index contributed by atoms with van der Waals surface area (Å²) in [6, 6.07) is 23.3. The fraction of sp³-hybridized carbons (Fsp3) is 0.291. The van der Waals surface area contributed by atoms with Crippen molar-refractivity contribution in [1.82, 2.24) is 0 Å². The van der Waals surface area contributed by atoms with Gasteiger partial charge in [-0.1, -0.05) is 197 Å². The maximum atomic E-state index is 13.2. The van der Waals surface area contributed by atoms with E-state index in [1.165, 1.54) is 18.2 Å². The number of ether oxygens (including phenoxy) is 4. The zero-order chi connectivity index (χ0) is 67.5. The van der Waals surface area contributed by atoms with Crippen molar-refractivity contribution >= 4 is 59.7 Å². The maximum absolute atomic E-state index is 13.2. The molecule has 13 nitrogen and oxygen atoms in total. The van der Waals surface area contributed by atoms with E-state index in [0.29, 0.717) is 41.1 Å². The van der Waals surface area contributed by atoms with Crippen LogP contribution in [0.1, 0.15) is 149 Å². The number of benzene rings is 4. The average Bonchev–Trinajstić information content (AvgIpc) is 0.798. The molecule has 0 fully saturated rings. The van der Waals surface area contributed by atoms with E-state index in [1.54, 1.807) is 86.7 Å². The lowest BCUT2D eigenvalue weighted by atomic mass is 9.71. The molecule has 0 bridgehead atoms. The zero-order valence-corrected chi connectivity index (χ0v) is 55.1. The molecule has 482 valence electrons. The van der Waals surface area contributed by atoms with Gasteiger partial charge in [0.2, 0.25) is 0 Å². The number of carbonyl (C=O) groups is 6. The predicted molar refractivity (Wildman–Crippen MR) is 367 cm³/mol. The predicted octanol–water partition coefficient (Wildman–Crippen LogP) is 17.6. The minimum absolute atomic E-state index is 0.0411. The van der Waals surface area contributed by atoms with Crippen molar-refractivity contribution in [2.75, 3.05) is 0 Å². The standard InChI is InChI=1S/C42H46O7.C37H42O6/c1-7-8-9-10-12-29(2)13-11-14-30(3)15-22-37-31(4)41(47)38(28-42(37,5)6)49-40(46)24-23-39(45)48-36-20-18-32(19-21-36)16-17-33-25-34(43)27-35(44)26-33;1-7-8-9-10-25(2)11-18-32-27(4)36(41)33(24-37(32,5)6)43-35(40)20-19-34(39)42-31-16-14-28(15-17-31)12-13-29-21-26(3)22-30(38)23-29/h7-22,25-27,38,43-44H,23-24,28H2,1-6H3;8-18,21-23,33,38H,7,19-20,24H2,1-6H3/b8-7-,10-9+,13-11+,17-16+,22-15+,29-12+,30-14+;9-8+,13-12+,18-11+,25-10+. The van der Waals surface area contributed by atoms with Crippen molar-refractivity contribution in [3.8, 4) is 28.7 Å². The highest BCUT2D eigenvalue weighted by Crippen LogP contribution is 2.42. The van der Waals surface area contributed by atoms with Crippen LogP contribution in [-0.4, -0.2) is 63.0 Å². The Kier molecular flexibility index (Phi) is 28.1. The first-order valence-electron chi connectivity index (χ1n) is 30.9. The van der Waals surface area contributed by atoms with Gasteiger partial charge in [-0.3, -0.25) is 28.8 Å². The van der Waals surface area contributed by atoms with Crippen LogP contribution < -0.4 is 9.47 Å². The summed E-state index contributed by atoms with van der Waals surface area (Å²) < 4.78 is 21.8. The Morgan fingerprint density at radius 3 is 1.30 bits per heavy atom. The third-order valence-electron chi connectivity index (χ3n) is 15.0. The van der Waals surface area contributed by atoms with Crippen molar-refractivity contribution in [1.29, 1.82) is 0 Å². The molecule has 0 aromatic heterocycles. The fourth-order valence-corrected chi connectivity index (χ4v) is 10.2. The van der Waals surface area contributed by atoms with Crippen LogP contribution in [0.25, 0.3) is 24.3 Å². The Morgan fingerprint density at radius 2 is 0.870 bits per heavy atom. The number of rotatable bonds is 24. The van der Waals surface area contributed by atoms with E-state index in [2.05, 4.69) is 13.0 Å². The molecule has 0 aliphatic heterocycles. The highest BCUT2D eigenvalue weighted by Gasteiger charge is 2.41. The van der Waals surface area contributed by atoms with Gasteiger partial charge in [-0.15, -0.1) is 0 Å². The summed E-state index contributed by atoms with van der Waals surface area (Å²) in [7, 11) is 0. The lowest BCUT2D eigenvalue weighted by Gasteiger charge is -2.36. The summed E-state index contributed by atoms with van der Waals surface area (Å²) in [4.78, 5) is 76.3. The van der Waals surface area contributed by atoms with E-state index in [9.17, 15) is 44.1 Å². The first kappa shape index (κ1) is 72.9. The molecule has 13 heteroatoms. The Labute approximate surface area is 543 Å². The number of phenols is 3. The first-order chi connectivity index (χ1) is 43.6. The topological polar surface area (TPSA) is 200 Å². The number of hydrogen-bond acceptors (Lipinski definition) is 13. The van der Waals surface area contributed by atoms with Gasteiger partial charge in [0, 0.05) is 18.9 Å². The van der Waals surface area contributed by atoms with E-state index in [1.807, 2.05) is 166 Å². The number of allylic oxidation sites excluding steroid dienone is 20. The largest absolute Gasteiger partial charge is 0.508 e. The molecule has 0 radical (unpaired) electrons. The van der Waals surface area contributed by atoms with Gasteiger partial charge in [-0.25, -0.2) is 0 Å². The summed E-state index contributed by atoms with van der Waals surface area (Å²) in [5, 5.41) is 29.0. The second-order valence-electron chi connectivity index (χ2n) is 24.1. The van der Waals surface area contributed by atoms with Crippen molar-refractivity contribution in [3.63, 3.8) is 0 Å². The summed E-state index contributed by atoms with van der Waals surface area (Å²) in [5.41, 5.74) is 9.54. The SMILES string of the molecule is CC/C=C/C=C(C)/C=C/C1=C(C)C(=O)C(OC(=O)CCC(=O)Oc2ccc(/C=C/c3cc(C)cc(O)c3)cc2)CC1(C)C.C\C=C/C=C/C=C(C)/C=C/C=C(C)/C=C/C1=C(C)C(=O)C(OC(=O)CCC(=O)Oc2ccc(/C=C/c3cc(O)cc(O)c3)cc2)CC1(C)C. The number of carbonyl (C=O) groups excluding carboxylic acids is 6. The normalized spacial score (nSPS) is 17.3. The maximum Gasteiger partial charge on any atom is 0.311 e. The molecule has 4 aromatic rings. The molecule has 0 spiro atoms. The van der Waals surface area contributed by atoms with Gasteiger partial charge in [0.15, 0.2) is 23.8 Å². The van der Waals surface area contributed by atoms with E-state index in [-0.39, 0.29) is 59.9 Å². The summed E-state index contributed by atoms with van der Waals surface area (Å²) in [6.07, 6.45) is 36.4. The van der Waals surface area contributed by atoms with E-state index in [0.717, 1.165) is 56.5 Å². The average molecular weight is 1250 g/mol. The number of hydrogen-bond donors (Lipinski definition) is 3. The molecule has 0 amide bonds. The third kappa shape index (κ3) is 24.5. The summed E-state index contributed by atoms with van der Waals surface area (Å²) in [6.45, 7) is 23.6. The minimum atomic E-state index is -0.920. The lowest BCUT2D eigenvalue weighted by Crippen LogP contribution is -2.39. The molecule has 2 atom stereocenters. The van der Waals surface area contributed by atoms with Crippen LogP contribution in [0, 0.1) is 17.8 Å². The summed E-state index contributed by atoms with van der Waals surface area (Å²) in [5.74, 6) is -2.05. The fourth-order valence-electron chi connectivity index (χ4n) is 10.2. The molecule has 4 aromatic carbocycles. The van der Waals surface area contributed by atoms with Crippen LogP contribution in [0.2, 0.25) is 0 Å². The van der Waals surface area contributed by atoms with Crippen LogP contribution >= 0.6 is 0 Å². The van der Waals surface area contributed by atoms with Crippen molar-refractivity contribution in [3.05, 3.63) is 243 Å². The molecule has 6 rings (SSSR count). The van der Waals surface area contributed by atoms with Gasteiger partial charge in [-0.2, -0.15) is 0 Å². The molecule has 0 saturated heterocycles. The lowest BCUT2D eigenvalue weighted by molar-refractivity contribution is -0.157. The van der Waals surface area contributed by atoms with Gasteiger partial charge < -0.3 is 34.3 Å². The highest BCUT2D eigenvalue weighted by atomic mass is 16.6. The highest BCUT2D eigenvalue weighted by molar-refractivity contribution is 6.02. The molecule has 0 heterocycles. The number of aryl methyl sites for hydroxylation is 1. The first-order valence-corrected chi connectivity index (χ1v) is 30.9. The van der Waals surface area contributed by atoms with Gasteiger partial charge in [0.25, 0.3) is 0 Å². The number of ketones is 2. The Bertz CT molecular complexity index is 3680. The Morgan fingerprint density at radius 1 is 0.478 bits per heavy atom. The number of aromatic hydroxyl groups is 3. The van der Waals surface area contributed by atoms with Gasteiger partial charge in [-0.05, 0) is 164 Å². The third-order valence-corrected chi connectivity index (χ3v) is 15.0. The van der Waals surface area contributed by atoms with Crippen LogP contribution in [0.3, 0.4) is 0 Å². The number of esters is 4. The second kappa shape index (κ2) is 35.5. The molecule has 92 heavy (non-hydrogen) atoms. The van der Waals surface area contributed by atoms with Crippen LogP contribution in [0.15, 0.2) is 215 Å².